The van der Waals surface area contributed by atoms with Gasteiger partial charge in [0.15, 0.2) is 6.23 Å². The van der Waals surface area contributed by atoms with E-state index in [2.05, 4.69) is 5.32 Å². The number of carboxylic acids is 1. The maximum absolute atomic E-state index is 13.3. The predicted molar refractivity (Wildman–Crippen MR) is 120 cm³/mol. The maximum atomic E-state index is 13.3. The number of amides is 2. The molecular weight excluding hydrogens is 494 g/mol. The number of carbonyl (C=O) groups is 3. The minimum Gasteiger partial charge on any atom is -0.475 e. The number of halogens is 3. The molecule has 2 rings (SSSR count). The van der Waals surface area contributed by atoms with E-state index in [-0.39, 0.29) is 17.9 Å². The van der Waals surface area contributed by atoms with Crippen LogP contribution in [-0.4, -0.2) is 63.2 Å². The van der Waals surface area contributed by atoms with Crippen LogP contribution in [-0.2, 0) is 23.5 Å². The molecule has 2 unspecified atom stereocenters. The van der Waals surface area contributed by atoms with Gasteiger partial charge in [-0.05, 0) is 37.0 Å². The zero-order valence-corrected chi connectivity index (χ0v) is 21.3. The smallest absolute Gasteiger partial charge is 0.475 e. The summed E-state index contributed by atoms with van der Waals surface area (Å²) >= 11 is 0. The van der Waals surface area contributed by atoms with Crippen LogP contribution < -0.4 is 11.1 Å². The molecule has 5 N–H and O–H groups in total. The highest BCUT2D eigenvalue weighted by atomic mass is 31.1. The van der Waals surface area contributed by atoms with Gasteiger partial charge in [0.2, 0.25) is 11.8 Å². The first kappa shape index (κ1) is 31.2. The molecule has 14 heteroatoms. The molecule has 0 bridgehead atoms. The van der Waals surface area contributed by atoms with Gasteiger partial charge in [0.25, 0.3) is 0 Å². The molecule has 0 radical (unpaired) electrons. The van der Waals surface area contributed by atoms with Crippen LogP contribution in [0.25, 0.3) is 0 Å². The number of nitrogens with one attached hydrogen (secondary N) is 1. The molecule has 2 fully saturated rings. The number of nitrogens with two attached hydrogens (primary N) is 1. The van der Waals surface area contributed by atoms with Crippen LogP contribution in [0.15, 0.2) is 0 Å². The first-order valence-corrected chi connectivity index (χ1v) is 12.6. The van der Waals surface area contributed by atoms with Gasteiger partial charge in [-0.2, -0.15) is 13.2 Å². The fourth-order valence-corrected chi connectivity index (χ4v) is 4.70. The first-order valence-electron chi connectivity index (χ1n) is 11.5. The van der Waals surface area contributed by atoms with E-state index < -0.39 is 44.1 Å². The molecule has 1 saturated heterocycles. The van der Waals surface area contributed by atoms with Crippen molar-refractivity contribution in [3.05, 3.63) is 0 Å². The normalized spacial score (nSPS) is 24.4. The fourth-order valence-electron chi connectivity index (χ4n) is 4.32. The van der Waals surface area contributed by atoms with Crippen LogP contribution in [0, 0.1) is 11.3 Å². The van der Waals surface area contributed by atoms with Gasteiger partial charge in [0, 0.05) is 10.6 Å². The average Bonchev–Trinajstić information content (AvgIpc) is 3.11. The molecule has 35 heavy (non-hydrogen) atoms. The Labute approximate surface area is 203 Å². The summed E-state index contributed by atoms with van der Waals surface area (Å²) in [5.74, 6) is -2.99. The van der Waals surface area contributed by atoms with E-state index in [1.54, 1.807) is 4.90 Å². The molecule has 6 atom stereocenters. The van der Waals surface area contributed by atoms with Crippen molar-refractivity contribution < 1.29 is 46.6 Å². The minimum atomic E-state index is -5.08. The molecule has 1 heterocycles. The van der Waals surface area contributed by atoms with Gasteiger partial charge >= 0.3 is 20.4 Å². The number of fused-ring (bicyclic) bond motifs is 1. The van der Waals surface area contributed by atoms with E-state index in [1.165, 1.54) is 0 Å². The molecule has 10 nitrogen and oxygen atoms in total. The van der Waals surface area contributed by atoms with Crippen molar-refractivity contribution in [1.29, 1.82) is 0 Å². The Kier molecular flexibility index (Phi) is 11.5. The van der Waals surface area contributed by atoms with Crippen LogP contribution in [0.5, 0.6) is 0 Å². The van der Waals surface area contributed by atoms with Crippen molar-refractivity contribution in [3.63, 3.8) is 0 Å². The lowest BCUT2D eigenvalue weighted by Crippen LogP contribution is -2.58. The standard InChI is InChI=1S/C19H34N3O5P.C2HF3O2/c1-5-8-15(27-28(25)26)21-17(23)14-11-12-9-6-7-10-13(12)22(14)18(24)16(20)19(2,3)4;3-2(4,5)1(6)7/h12-16H,5-11,20H2,1-4H3,(H-,21,23,25,26);(H,6,7)/p+1/t12-,13-,14+,15?,16+;/m0./s1. The van der Waals surface area contributed by atoms with Gasteiger partial charge in [-0.1, -0.05) is 51.5 Å². The summed E-state index contributed by atoms with van der Waals surface area (Å²) in [5.41, 5.74) is 5.85. The summed E-state index contributed by atoms with van der Waals surface area (Å²) in [6.07, 6.45) is -0.199. The monoisotopic (exact) mass is 530 g/mol. The maximum Gasteiger partial charge on any atom is 0.696 e. The Morgan fingerprint density at radius 1 is 1.20 bits per heavy atom. The minimum absolute atomic E-state index is 0.0328. The molecule has 1 aliphatic heterocycles. The molecule has 2 aliphatic rings. The zero-order chi connectivity index (χ0) is 27.1. The van der Waals surface area contributed by atoms with E-state index in [4.69, 9.17) is 25.1 Å². The lowest BCUT2D eigenvalue weighted by Gasteiger charge is -2.38. The van der Waals surface area contributed by atoms with Crippen molar-refractivity contribution in [2.24, 2.45) is 17.1 Å². The van der Waals surface area contributed by atoms with Gasteiger partial charge < -0.3 is 21.1 Å². The van der Waals surface area contributed by atoms with E-state index in [0.29, 0.717) is 25.2 Å². The van der Waals surface area contributed by atoms with Gasteiger partial charge in [0.05, 0.1) is 6.04 Å². The number of carbonyl (C=O) groups excluding carboxylic acids is 2. The number of hydrogen-bond donors (Lipinski definition) is 4. The van der Waals surface area contributed by atoms with Gasteiger partial charge in [-0.3, -0.25) is 9.59 Å². The number of hydrogen-bond acceptors (Lipinski definition) is 6. The summed E-state index contributed by atoms with van der Waals surface area (Å²) in [7, 11) is -2.82. The van der Waals surface area contributed by atoms with Crippen LogP contribution in [0.1, 0.15) is 72.6 Å². The summed E-state index contributed by atoms with van der Waals surface area (Å²) in [6.45, 7) is 7.65. The highest BCUT2D eigenvalue weighted by molar-refractivity contribution is 7.32. The SMILES string of the molecule is CCCC(NC(=O)[C@H]1C[C@@H]2CCCC[C@@H]2N1C(=O)[C@@H](N)C(C)(C)C)O[P+](=O)O.O=C(O)C(F)(F)F. The predicted octanol–water partition coefficient (Wildman–Crippen LogP) is 3.06. The molecule has 1 aliphatic carbocycles. The first-order chi connectivity index (χ1) is 16.0. The van der Waals surface area contributed by atoms with E-state index in [0.717, 1.165) is 25.7 Å². The van der Waals surface area contributed by atoms with E-state index in [9.17, 15) is 27.3 Å². The second-order valence-electron chi connectivity index (χ2n) is 9.88. The van der Waals surface area contributed by atoms with Crippen molar-refractivity contribution in [2.75, 3.05) is 0 Å². The Balaban J connectivity index is 0.000000762. The number of rotatable bonds is 7. The second kappa shape index (κ2) is 12.9. The van der Waals surface area contributed by atoms with E-state index >= 15 is 0 Å². The quantitative estimate of drug-likeness (QED) is 0.289. The van der Waals surface area contributed by atoms with Crippen LogP contribution in [0.3, 0.4) is 0 Å². The summed E-state index contributed by atoms with van der Waals surface area (Å²) in [5, 5.41) is 9.85. The van der Waals surface area contributed by atoms with Crippen molar-refractivity contribution in [2.45, 2.75) is 103 Å². The van der Waals surface area contributed by atoms with Crippen LogP contribution in [0.4, 0.5) is 13.2 Å². The third kappa shape index (κ3) is 9.29. The van der Waals surface area contributed by atoms with Gasteiger partial charge in [-0.25, -0.2) is 4.79 Å². The van der Waals surface area contributed by atoms with Gasteiger partial charge in [0.1, 0.15) is 6.04 Å². The summed E-state index contributed by atoms with van der Waals surface area (Å²) in [6, 6.07) is -1.28. The molecule has 0 aromatic rings. The Hall–Kier alpha value is -1.82. The Morgan fingerprint density at radius 3 is 2.20 bits per heavy atom. The highest BCUT2D eigenvalue weighted by Crippen LogP contribution is 2.41. The third-order valence-corrected chi connectivity index (χ3v) is 6.59. The number of likely N-dealkylation sites (tertiary alicyclic amines) is 1. The number of aliphatic carboxylic acids is 1. The Bertz CT molecular complexity index is 776. The topological polar surface area (TPSA) is 159 Å². The second-order valence-corrected chi connectivity index (χ2v) is 10.6. The van der Waals surface area contributed by atoms with Crippen molar-refractivity contribution in [3.8, 4) is 0 Å². The van der Waals surface area contributed by atoms with Crippen molar-refractivity contribution in [1.82, 2.24) is 10.2 Å². The average molecular weight is 531 g/mol. The lowest BCUT2D eigenvalue weighted by atomic mass is 9.83. The number of alkyl halides is 3. The molecular formula is C21H36F3N3O7P+. The molecule has 0 aromatic heterocycles. The van der Waals surface area contributed by atoms with Crippen LogP contribution in [0.2, 0.25) is 0 Å². The number of nitrogens with zero attached hydrogens (tertiary/aromatic N) is 1. The lowest BCUT2D eigenvalue weighted by molar-refractivity contribution is -0.192. The zero-order valence-electron chi connectivity index (χ0n) is 20.4. The molecule has 202 valence electrons. The molecule has 1 saturated carbocycles. The fraction of sp³-hybridized carbons (Fsp3) is 0.857. The molecule has 0 spiro atoms. The molecule has 2 amide bonds. The molecule has 0 aromatic carbocycles. The summed E-state index contributed by atoms with van der Waals surface area (Å²) in [4.78, 5) is 45.9. The summed E-state index contributed by atoms with van der Waals surface area (Å²) < 4.78 is 47.7. The van der Waals surface area contributed by atoms with E-state index in [1.807, 2.05) is 27.7 Å². The van der Waals surface area contributed by atoms with Crippen LogP contribution >= 0.6 is 8.25 Å². The van der Waals surface area contributed by atoms with Crippen molar-refractivity contribution >= 4 is 26.0 Å². The van der Waals surface area contributed by atoms with Gasteiger partial charge in [-0.15, -0.1) is 4.89 Å². The largest absolute Gasteiger partial charge is 0.696 e. The number of carboxylic acid groups (broad SMARTS) is 1. The Morgan fingerprint density at radius 2 is 1.74 bits per heavy atom. The highest BCUT2D eigenvalue weighted by Gasteiger charge is 2.50. The third-order valence-electron chi connectivity index (χ3n) is 6.16.